The Kier molecular flexibility index (Phi) is 5.06. The third-order valence-corrected chi connectivity index (χ3v) is 5.42. The Hall–Kier alpha value is -2.67. The lowest BCUT2D eigenvalue weighted by Crippen LogP contribution is -2.35. The molecule has 1 saturated carbocycles. The van der Waals surface area contributed by atoms with Gasteiger partial charge in [-0.2, -0.15) is 0 Å². The third-order valence-electron chi connectivity index (χ3n) is 5.42. The van der Waals surface area contributed by atoms with E-state index >= 15 is 0 Å². The van der Waals surface area contributed by atoms with Crippen LogP contribution in [0.2, 0.25) is 0 Å². The number of hydrogen-bond donors (Lipinski definition) is 4. The SMILES string of the molecule is CC1(C)C(=O)c2c(ccc(O)c2N)-c2ncnc(N)c21.NC1CCCCC1. The molecule has 4 rings (SSSR count). The summed E-state index contributed by atoms with van der Waals surface area (Å²) in [5.41, 5.74) is 18.7. The van der Waals surface area contributed by atoms with Crippen LogP contribution < -0.4 is 17.2 Å². The molecule has 1 aromatic carbocycles. The lowest BCUT2D eigenvalue weighted by atomic mass is 9.70. The van der Waals surface area contributed by atoms with Gasteiger partial charge in [0.25, 0.3) is 0 Å². The molecule has 0 radical (unpaired) electrons. The number of anilines is 2. The van der Waals surface area contributed by atoms with Crippen LogP contribution >= 0.6 is 0 Å². The van der Waals surface area contributed by atoms with Crippen molar-refractivity contribution in [3.05, 3.63) is 29.6 Å². The van der Waals surface area contributed by atoms with Crippen LogP contribution in [0.1, 0.15) is 61.9 Å². The second-order valence-electron chi connectivity index (χ2n) is 7.76. The van der Waals surface area contributed by atoms with Gasteiger partial charge in [-0.15, -0.1) is 0 Å². The minimum absolute atomic E-state index is 0.0726. The summed E-state index contributed by atoms with van der Waals surface area (Å²) in [7, 11) is 0. The van der Waals surface area contributed by atoms with Gasteiger partial charge in [-0.1, -0.05) is 19.3 Å². The molecule has 0 amide bonds. The molecule has 7 N–H and O–H groups in total. The first-order valence-electron chi connectivity index (χ1n) is 9.28. The number of carbonyl (C=O) groups is 1. The van der Waals surface area contributed by atoms with Crippen LogP contribution in [0.25, 0.3) is 11.3 Å². The highest BCUT2D eigenvalue weighted by Gasteiger charge is 2.43. The molecule has 0 spiro atoms. The van der Waals surface area contributed by atoms with Gasteiger partial charge >= 0.3 is 0 Å². The standard InChI is InChI=1S/C14H14N4O2.C6H13N/c1-14(2)9-11(17-5-18-13(9)16)6-3-4-7(19)10(15)8(6)12(14)20;7-6-4-2-1-3-5-6/h3-5,19H,15H2,1-2H3,(H2,16,17,18);6H,1-5,7H2. The predicted molar refractivity (Wildman–Crippen MR) is 106 cm³/mol. The number of benzene rings is 1. The quantitative estimate of drug-likeness (QED) is 0.413. The molecule has 1 fully saturated rings. The largest absolute Gasteiger partial charge is 0.506 e. The molecule has 144 valence electrons. The van der Waals surface area contributed by atoms with Crippen LogP contribution in [0.15, 0.2) is 18.5 Å². The Morgan fingerprint density at radius 1 is 1.11 bits per heavy atom. The molecule has 27 heavy (non-hydrogen) atoms. The van der Waals surface area contributed by atoms with E-state index in [-0.39, 0.29) is 23.0 Å². The fourth-order valence-corrected chi connectivity index (χ4v) is 3.83. The summed E-state index contributed by atoms with van der Waals surface area (Å²) in [6.07, 6.45) is 8.02. The maximum atomic E-state index is 12.7. The highest BCUT2D eigenvalue weighted by molar-refractivity contribution is 6.16. The molecule has 2 aliphatic rings. The molecule has 0 saturated heterocycles. The van der Waals surface area contributed by atoms with Crippen molar-refractivity contribution in [3.8, 4) is 17.0 Å². The fourth-order valence-electron chi connectivity index (χ4n) is 3.83. The number of carbonyl (C=O) groups excluding carboxylic acids is 1. The zero-order valence-corrected chi connectivity index (χ0v) is 15.8. The van der Waals surface area contributed by atoms with Gasteiger partial charge in [0.15, 0.2) is 5.78 Å². The van der Waals surface area contributed by atoms with Gasteiger partial charge in [0, 0.05) is 17.2 Å². The smallest absolute Gasteiger partial charge is 0.175 e. The first kappa shape index (κ1) is 19.1. The molecular weight excluding hydrogens is 342 g/mol. The van der Waals surface area contributed by atoms with Crippen molar-refractivity contribution < 1.29 is 9.90 Å². The topological polar surface area (TPSA) is 141 Å². The van der Waals surface area contributed by atoms with E-state index in [9.17, 15) is 9.90 Å². The summed E-state index contributed by atoms with van der Waals surface area (Å²) in [4.78, 5) is 20.9. The summed E-state index contributed by atoms with van der Waals surface area (Å²) < 4.78 is 0. The van der Waals surface area contributed by atoms with Gasteiger partial charge in [0.05, 0.1) is 22.4 Å². The van der Waals surface area contributed by atoms with E-state index in [1.807, 2.05) is 0 Å². The first-order chi connectivity index (χ1) is 12.7. The van der Waals surface area contributed by atoms with Crippen LogP contribution in [0.4, 0.5) is 11.5 Å². The Bertz CT molecular complexity index is 873. The minimum atomic E-state index is -0.893. The van der Waals surface area contributed by atoms with Crippen LogP contribution in [0.3, 0.4) is 0 Å². The zero-order chi connectivity index (χ0) is 19.8. The van der Waals surface area contributed by atoms with Gasteiger partial charge in [0.1, 0.15) is 17.9 Å². The lowest BCUT2D eigenvalue weighted by Gasteiger charge is -2.32. The third kappa shape index (κ3) is 3.35. The summed E-state index contributed by atoms with van der Waals surface area (Å²) in [5, 5.41) is 9.73. The van der Waals surface area contributed by atoms with Gasteiger partial charge in [-0.05, 0) is 38.8 Å². The molecular formula is C20H27N5O2. The van der Waals surface area contributed by atoms with Gasteiger partial charge in [0.2, 0.25) is 0 Å². The number of aromatic hydroxyl groups is 1. The van der Waals surface area contributed by atoms with E-state index in [2.05, 4.69) is 9.97 Å². The monoisotopic (exact) mass is 369 g/mol. The Morgan fingerprint density at radius 3 is 2.37 bits per heavy atom. The van der Waals surface area contributed by atoms with Gasteiger partial charge < -0.3 is 22.3 Å². The molecule has 2 aromatic rings. The maximum absolute atomic E-state index is 12.7. The average Bonchev–Trinajstić information content (AvgIpc) is 2.63. The van der Waals surface area contributed by atoms with Crippen LogP contribution in [-0.4, -0.2) is 26.9 Å². The number of phenolic OH excluding ortho intramolecular Hbond substituents is 1. The van der Waals surface area contributed by atoms with E-state index in [1.54, 1.807) is 19.9 Å². The second-order valence-corrected chi connectivity index (χ2v) is 7.76. The number of fused-ring (bicyclic) bond motifs is 3. The van der Waals surface area contributed by atoms with Crippen molar-refractivity contribution in [1.29, 1.82) is 0 Å². The minimum Gasteiger partial charge on any atom is -0.506 e. The Balaban J connectivity index is 0.000000253. The molecule has 2 aliphatic carbocycles. The molecule has 7 nitrogen and oxygen atoms in total. The Labute approximate surface area is 159 Å². The number of Topliss-reactive ketones (excluding diaryl/α,β-unsaturated/α-hetero) is 1. The molecule has 0 bridgehead atoms. The highest BCUT2D eigenvalue weighted by Crippen LogP contribution is 2.47. The molecule has 0 aliphatic heterocycles. The van der Waals surface area contributed by atoms with Gasteiger partial charge in [-0.25, -0.2) is 9.97 Å². The fraction of sp³-hybridized carbons (Fsp3) is 0.450. The number of hydrogen-bond acceptors (Lipinski definition) is 7. The normalized spacial score (nSPS) is 18.1. The van der Waals surface area contributed by atoms with E-state index in [0.29, 0.717) is 28.4 Å². The summed E-state index contributed by atoms with van der Waals surface area (Å²) >= 11 is 0. The van der Waals surface area contributed by atoms with Crippen molar-refractivity contribution >= 4 is 17.3 Å². The number of phenols is 1. The molecule has 0 atom stereocenters. The highest BCUT2D eigenvalue weighted by atomic mass is 16.3. The van der Waals surface area contributed by atoms with Crippen molar-refractivity contribution in [3.63, 3.8) is 0 Å². The van der Waals surface area contributed by atoms with E-state index in [0.717, 1.165) is 0 Å². The van der Waals surface area contributed by atoms with Crippen LogP contribution in [0, 0.1) is 0 Å². The van der Waals surface area contributed by atoms with Crippen molar-refractivity contribution in [2.24, 2.45) is 5.73 Å². The summed E-state index contributed by atoms with van der Waals surface area (Å²) in [5.74, 6) is -0.0288. The zero-order valence-electron chi connectivity index (χ0n) is 15.8. The average molecular weight is 369 g/mol. The predicted octanol–water partition coefficient (Wildman–Crippen LogP) is 2.77. The van der Waals surface area contributed by atoms with E-state index < -0.39 is 5.41 Å². The number of nitrogens with zero attached hydrogens (tertiary/aromatic N) is 2. The summed E-state index contributed by atoms with van der Waals surface area (Å²) in [6.45, 7) is 3.50. The number of rotatable bonds is 0. The molecule has 1 heterocycles. The van der Waals surface area contributed by atoms with Crippen LogP contribution in [0.5, 0.6) is 5.75 Å². The van der Waals surface area contributed by atoms with E-state index in [4.69, 9.17) is 17.2 Å². The lowest BCUT2D eigenvalue weighted by molar-refractivity contribution is 0.0907. The molecule has 1 aromatic heterocycles. The van der Waals surface area contributed by atoms with Crippen molar-refractivity contribution in [2.45, 2.75) is 57.4 Å². The molecule has 7 heteroatoms. The first-order valence-corrected chi connectivity index (χ1v) is 9.28. The summed E-state index contributed by atoms with van der Waals surface area (Å²) in [6, 6.07) is 3.61. The molecule has 0 unspecified atom stereocenters. The Morgan fingerprint density at radius 2 is 1.78 bits per heavy atom. The van der Waals surface area contributed by atoms with Gasteiger partial charge in [-0.3, -0.25) is 4.79 Å². The number of nitrogen functional groups attached to an aromatic ring is 2. The van der Waals surface area contributed by atoms with Crippen molar-refractivity contribution in [1.82, 2.24) is 9.97 Å². The van der Waals surface area contributed by atoms with Crippen molar-refractivity contribution in [2.75, 3.05) is 11.5 Å². The number of aromatic nitrogens is 2. The van der Waals surface area contributed by atoms with Crippen LogP contribution in [-0.2, 0) is 5.41 Å². The van der Waals surface area contributed by atoms with E-state index in [1.165, 1.54) is 44.5 Å². The maximum Gasteiger partial charge on any atom is 0.175 e. The number of ketones is 1. The second kappa shape index (κ2) is 7.15. The number of nitrogens with two attached hydrogens (primary N) is 3.